The number of nitrogens with one attached hydrogen (secondary N) is 1. The number of methoxy groups -OCH3 is 1. The molecule has 9 heteroatoms. The second-order valence-electron chi connectivity index (χ2n) is 9.71. The van der Waals surface area contributed by atoms with E-state index in [4.69, 9.17) is 9.84 Å². The average Bonchev–Trinajstić information content (AvgIpc) is 3.55. The summed E-state index contributed by atoms with van der Waals surface area (Å²) >= 11 is 2.90. The zero-order valence-corrected chi connectivity index (χ0v) is 21.2. The van der Waals surface area contributed by atoms with Crippen molar-refractivity contribution in [1.29, 1.82) is 0 Å². The molecular formula is C24H37N3O4S2. The van der Waals surface area contributed by atoms with Gasteiger partial charge in [-0.15, -0.1) is 11.8 Å². The lowest BCUT2D eigenvalue weighted by atomic mass is 9.79. The molecule has 1 heterocycles. The molecule has 2 N–H and O–H groups in total. The second-order valence-corrected chi connectivity index (χ2v) is 12.1. The number of aromatic nitrogens is 1. The van der Waals surface area contributed by atoms with Crippen LogP contribution in [-0.2, 0) is 9.53 Å². The molecule has 0 saturated heterocycles. The van der Waals surface area contributed by atoms with Crippen molar-refractivity contribution in [2.75, 3.05) is 18.2 Å². The molecule has 0 radical (unpaired) electrons. The fourth-order valence-corrected chi connectivity index (χ4v) is 7.54. The predicted molar refractivity (Wildman–Crippen MR) is 132 cm³/mol. The van der Waals surface area contributed by atoms with Crippen molar-refractivity contribution in [2.24, 2.45) is 11.8 Å². The first kappa shape index (κ1) is 24.8. The molecule has 33 heavy (non-hydrogen) atoms. The molecule has 0 spiro atoms. The Morgan fingerprint density at radius 1 is 1.12 bits per heavy atom. The third kappa shape index (κ3) is 6.85. The lowest BCUT2D eigenvalue weighted by Crippen LogP contribution is -2.51. The molecule has 1 atom stereocenters. The van der Waals surface area contributed by atoms with E-state index in [0.29, 0.717) is 28.9 Å². The predicted octanol–water partition coefficient (Wildman–Crippen LogP) is 5.86. The lowest BCUT2D eigenvalue weighted by molar-refractivity contribution is -0.136. The van der Waals surface area contributed by atoms with Gasteiger partial charge in [0, 0.05) is 24.9 Å². The van der Waals surface area contributed by atoms with E-state index in [1.165, 1.54) is 55.2 Å². The van der Waals surface area contributed by atoms with Gasteiger partial charge in [-0.2, -0.15) is 0 Å². The van der Waals surface area contributed by atoms with Crippen LogP contribution in [-0.4, -0.2) is 58.0 Å². The van der Waals surface area contributed by atoms with Crippen LogP contribution in [0.15, 0.2) is 10.4 Å². The van der Waals surface area contributed by atoms with Crippen LogP contribution in [0.3, 0.4) is 0 Å². The maximum Gasteiger partial charge on any atom is 0.324 e. The number of urea groups is 1. The number of carbonyl (C=O) groups excluding carboxylic acids is 1. The SMILES string of the molecule is COC(C1CC1)[C@H]1CC[C@H](N(C(=O)Nc2ncc(SCCC(=O)O)s2)C2CCCCC2)CC1. The maximum atomic E-state index is 13.5. The molecule has 2 amide bonds. The number of carboxylic acid groups (broad SMARTS) is 1. The number of ether oxygens (including phenoxy) is 1. The summed E-state index contributed by atoms with van der Waals surface area (Å²) in [4.78, 5) is 30.8. The summed E-state index contributed by atoms with van der Waals surface area (Å²) in [6, 6.07) is 0.573. The molecule has 0 aliphatic heterocycles. The molecule has 1 unspecified atom stereocenters. The van der Waals surface area contributed by atoms with Crippen LogP contribution in [0.4, 0.5) is 9.93 Å². The number of thioether (sulfide) groups is 1. The number of anilines is 1. The van der Waals surface area contributed by atoms with Gasteiger partial charge >= 0.3 is 12.0 Å². The molecular weight excluding hydrogens is 458 g/mol. The Labute approximate surface area is 205 Å². The van der Waals surface area contributed by atoms with Crippen molar-refractivity contribution in [2.45, 2.75) is 99.4 Å². The molecule has 3 aliphatic rings. The summed E-state index contributed by atoms with van der Waals surface area (Å²) in [5, 5.41) is 12.5. The van der Waals surface area contributed by atoms with Crippen molar-refractivity contribution in [1.82, 2.24) is 9.88 Å². The van der Waals surface area contributed by atoms with Crippen molar-refractivity contribution in [3.05, 3.63) is 6.20 Å². The molecule has 4 rings (SSSR count). The van der Waals surface area contributed by atoms with Crippen LogP contribution in [0.25, 0.3) is 0 Å². The summed E-state index contributed by atoms with van der Waals surface area (Å²) in [7, 11) is 1.86. The van der Waals surface area contributed by atoms with Gasteiger partial charge < -0.3 is 14.7 Å². The highest BCUT2D eigenvalue weighted by Crippen LogP contribution is 2.43. The Kier molecular flexibility index (Phi) is 8.93. The van der Waals surface area contributed by atoms with E-state index in [1.54, 1.807) is 6.20 Å². The summed E-state index contributed by atoms with van der Waals surface area (Å²) in [5.41, 5.74) is 0. The van der Waals surface area contributed by atoms with Gasteiger partial charge in [0.25, 0.3) is 0 Å². The van der Waals surface area contributed by atoms with Crippen molar-refractivity contribution in [3.63, 3.8) is 0 Å². The third-order valence-corrected chi connectivity index (χ3v) is 9.53. The highest BCUT2D eigenvalue weighted by Gasteiger charge is 2.41. The molecule has 184 valence electrons. The standard InChI is InChI=1S/C24H37N3O4S2/c1-31-22(16-7-8-16)17-9-11-19(12-10-17)27(18-5-3-2-4-6-18)24(30)26-23-25-15-21(33-23)32-14-13-20(28)29/h15-19,22H,2-14H2,1H3,(H,28,29)(H,25,26,30)/t17-,19-,22?. The molecule has 0 bridgehead atoms. The smallest absolute Gasteiger partial charge is 0.324 e. The molecule has 1 aromatic heterocycles. The first-order valence-corrected chi connectivity index (χ1v) is 14.3. The largest absolute Gasteiger partial charge is 0.481 e. The van der Waals surface area contributed by atoms with Gasteiger partial charge in [-0.05, 0) is 63.2 Å². The molecule has 3 aliphatic carbocycles. The lowest BCUT2D eigenvalue weighted by Gasteiger charge is -2.43. The number of amides is 2. The van der Waals surface area contributed by atoms with E-state index >= 15 is 0 Å². The summed E-state index contributed by atoms with van der Waals surface area (Å²) in [6.45, 7) is 0. The number of hydrogen-bond donors (Lipinski definition) is 2. The van der Waals surface area contributed by atoms with E-state index in [9.17, 15) is 9.59 Å². The van der Waals surface area contributed by atoms with Crippen molar-refractivity contribution in [3.8, 4) is 0 Å². The Morgan fingerprint density at radius 2 is 1.76 bits per heavy atom. The van der Waals surface area contributed by atoms with Gasteiger partial charge in [-0.1, -0.05) is 30.6 Å². The zero-order chi connectivity index (χ0) is 23.2. The van der Waals surface area contributed by atoms with E-state index < -0.39 is 5.97 Å². The zero-order valence-electron chi connectivity index (χ0n) is 19.5. The molecule has 7 nitrogen and oxygen atoms in total. The normalized spacial score (nSPS) is 24.9. The minimum absolute atomic E-state index is 0.0210. The van der Waals surface area contributed by atoms with Crippen LogP contribution in [0, 0.1) is 11.8 Å². The van der Waals surface area contributed by atoms with Crippen LogP contribution >= 0.6 is 23.1 Å². The fraction of sp³-hybridized carbons (Fsp3) is 0.792. The fourth-order valence-electron chi connectivity index (χ4n) is 5.67. The first-order chi connectivity index (χ1) is 16.0. The van der Waals surface area contributed by atoms with Gasteiger partial charge in [0.05, 0.1) is 22.9 Å². The van der Waals surface area contributed by atoms with Gasteiger partial charge in [0.1, 0.15) is 0 Å². The number of aliphatic carboxylic acids is 1. The van der Waals surface area contributed by atoms with Gasteiger partial charge in [-0.25, -0.2) is 9.78 Å². The highest BCUT2D eigenvalue weighted by molar-refractivity contribution is 8.01. The Balaban J connectivity index is 1.37. The summed E-state index contributed by atoms with van der Waals surface area (Å²) < 4.78 is 6.79. The number of thiazole rings is 1. The third-order valence-electron chi connectivity index (χ3n) is 7.42. The quantitative estimate of drug-likeness (QED) is 0.395. The monoisotopic (exact) mass is 495 g/mol. The number of rotatable bonds is 10. The molecule has 1 aromatic rings. The van der Waals surface area contributed by atoms with Crippen LogP contribution in [0.1, 0.15) is 77.0 Å². The number of carbonyl (C=O) groups is 2. The van der Waals surface area contributed by atoms with Crippen LogP contribution < -0.4 is 5.32 Å². The number of carboxylic acids is 1. The minimum Gasteiger partial charge on any atom is -0.481 e. The van der Waals surface area contributed by atoms with Gasteiger partial charge in [0.15, 0.2) is 5.13 Å². The average molecular weight is 496 g/mol. The Bertz CT molecular complexity index is 786. The van der Waals surface area contributed by atoms with E-state index in [1.807, 2.05) is 7.11 Å². The Morgan fingerprint density at radius 3 is 2.36 bits per heavy atom. The minimum atomic E-state index is -0.799. The van der Waals surface area contributed by atoms with Crippen molar-refractivity contribution < 1.29 is 19.4 Å². The molecule has 0 aromatic carbocycles. The van der Waals surface area contributed by atoms with Gasteiger partial charge in [-0.3, -0.25) is 10.1 Å². The Hall–Kier alpha value is -1.32. The first-order valence-electron chi connectivity index (χ1n) is 12.5. The summed E-state index contributed by atoms with van der Waals surface area (Å²) in [6.07, 6.45) is 15.1. The van der Waals surface area contributed by atoms with Gasteiger partial charge in [0.2, 0.25) is 0 Å². The maximum absolute atomic E-state index is 13.5. The number of hydrogen-bond acceptors (Lipinski definition) is 6. The van der Waals surface area contributed by atoms with Crippen LogP contribution in [0.2, 0.25) is 0 Å². The topological polar surface area (TPSA) is 91.8 Å². The van der Waals surface area contributed by atoms with Crippen LogP contribution in [0.5, 0.6) is 0 Å². The molecule has 3 saturated carbocycles. The number of nitrogens with zero attached hydrogens (tertiary/aromatic N) is 2. The summed E-state index contributed by atoms with van der Waals surface area (Å²) in [5.74, 6) is 1.08. The van der Waals surface area contributed by atoms with Crippen molar-refractivity contribution >= 4 is 40.2 Å². The molecule has 3 fully saturated rings. The van der Waals surface area contributed by atoms with E-state index in [-0.39, 0.29) is 18.5 Å². The highest BCUT2D eigenvalue weighted by atomic mass is 32.2. The second kappa shape index (κ2) is 11.9. The van der Waals surface area contributed by atoms with E-state index in [0.717, 1.165) is 48.7 Å². The van der Waals surface area contributed by atoms with E-state index in [2.05, 4.69) is 15.2 Å².